The Hall–Kier alpha value is -2.11. The summed E-state index contributed by atoms with van der Waals surface area (Å²) in [5, 5.41) is 14.7. The molecule has 0 aliphatic heterocycles. The highest BCUT2D eigenvalue weighted by atomic mass is 16.4. The number of aryl methyl sites for hydroxylation is 1. The van der Waals surface area contributed by atoms with Crippen molar-refractivity contribution in [1.29, 1.82) is 0 Å². The van der Waals surface area contributed by atoms with Crippen molar-refractivity contribution in [3.8, 4) is 0 Å². The second kappa shape index (κ2) is 6.88. The fourth-order valence-corrected chi connectivity index (χ4v) is 1.61. The normalized spacial score (nSPS) is 12.1. The number of carbonyl (C=O) groups is 2. The Labute approximate surface area is 118 Å². The standard InChI is InChI=1S/C14H21N3O3/c1-8(2)7-15-13(18)10(4)17-12-6-5-11(14(19)20)9(3)16-12/h5-6,8,10H,7H2,1-4H3,(H,15,18)(H,16,17)(H,19,20). The van der Waals surface area contributed by atoms with Crippen LogP contribution in [0.3, 0.4) is 0 Å². The van der Waals surface area contributed by atoms with E-state index in [-0.39, 0.29) is 11.5 Å². The highest BCUT2D eigenvalue weighted by Crippen LogP contribution is 2.11. The van der Waals surface area contributed by atoms with Crippen LogP contribution in [0.25, 0.3) is 0 Å². The van der Waals surface area contributed by atoms with Crippen LogP contribution in [0.4, 0.5) is 5.82 Å². The number of rotatable bonds is 6. The first-order chi connectivity index (χ1) is 9.31. The summed E-state index contributed by atoms with van der Waals surface area (Å²) in [6.07, 6.45) is 0. The first-order valence-corrected chi connectivity index (χ1v) is 6.56. The average molecular weight is 279 g/mol. The molecule has 20 heavy (non-hydrogen) atoms. The summed E-state index contributed by atoms with van der Waals surface area (Å²) in [5.74, 6) is -0.245. The average Bonchev–Trinajstić information content (AvgIpc) is 2.35. The molecule has 1 amide bonds. The van der Waals surface area contributed by atoms with Gasteiger partial charge in [-0.3, -0.25) is 4.79 Å². The van der Waals surface area contributed by atoms with Crippen molar-refractivity contribution in [3.05, 3.63) is 23.4 Å². The lowest BCUT2D eigenvalue weighted by Gasteiger charge is -2.16. The van der Waals surface area contributed by atoms with Gasteiger partial charge in [-0.15, -0.1) is 0 Å². The van der Waals surface area contributed by atoms with Crippen LogP contribution in [-0.2, 0) is 4.79 Å². The highest BCUT2D eigenvalue weighted by Gasteiger charge is 2.14. The minimum atomic E-state index is -1.01. The van der Waals surface area contributed by atoms with Gasteiger partial charge >= 0.3 is 5.97 Å². The molecule has 110 valence electrons. The maximum atomic E-state index is 11.8. The lowest BCUT2D eigenvalue weighted by Crippen LogP contribution is -2.39. The highest BCUT2D eigenvalue weighted by molar-refractivity contribution is 5.89. The summed E-state index contributed by atoms with van der Waals surface area (Å²) < 4.78 is 0. The lowest BCUT2D eigenvalue weighted by molar-refractivity contribution is -0.121. The number of amides is 1. The van der Waals surface area contributed by atoms with Crippen LogP contribution in [-0.4, -0.2) is 34.6 Å². The van der Waals surface area contributed by atoms with Gasteiger partial charge in [0.1, 0.15) is 11.9 Å². The lowest BCUT2D eigenvalue weighted by atomic mass is 10.2. The summed E-state index contributed by atoms with van der Waals surface area (Å²) in [4.78, 5) is 26.8. The Kier molecular flexibility index (Phi) is 5.49. The number of aromatic nitrogens is 1. The number of pyridine rings is 1. The molecule has 6 heteroatoms. The van der Waals surface area contributed by atoms with Gasteiger partial charge in [-0.05, 0) is 31.9 Å². The minimum absolute atomic E-state index is 0.111. The molecule has 6 nitrogen and oxygen atoms in total. The molecule has 0 aliphatic carbocycles. The van der Waals surface area contributed by atoms with Gasteiger partial charge in [-0.25, -0.2) is 9.78 Å². The molecule has 3 N–H and O–H groups in total. The molecule has 0 radical (unpaired) electrons. The summed E-state index contributed by atoms with van der Waals surface area (Å²) in [7, 11) is 0. The van der Waals surface area contributed by atoms with Crippen LogP contribution in [0.1, 0.15) is 36.8 Å². The summed E-state index contributed by atoms with van der Waals surface area (Å²) in [6, 6.07) is 2.60. The van der Waals surface area contributed by atoms with Crippen molar-refractivity contribution in [2.24, 2.45) is 5.92 Å². The fourth-order valence-electron chi connectivity index (χ4n) is 1.61. The topological polar surface area (TPSA) is 91.3 Å². The SMILES string of the molecule is Cc1nc(NC(C)C(=O)NCC(C)C)ccc1C(=O)O. The van der Waals surface area contributed by atoms with Crippen LogP contribution in [0.2, 0.25) is 0 Å². The molecule has 0 aliphatic rings. The van der Waals surface area contributed by atoms with Gasteiger partial charge in [0.05, 0.1) is 11.3 Å². The number of carboxylic acid groups (broad SMARTS) is 1. The van der Waals surface area contributed by atoms with Crippen molar-refractivity contribution in [2.75, 3.05) is 11.9 Å². The molecule has 1 heterocycles. The minimum Gasteiger partial charge on any atom is -0.478 e. The largest absolute Gasteiger partial charge is 0.478 e. The van der Waals surface area contributed by atoms with E-state index in [9.17, 15) is 9.59 Å². The predicted molar refractivity (Wildman–Crippen MR) is 76.9 cm³/mol. The van der Waals surface area contributed by atoms with Gasteiger partial charge in [-0.1, -0.05) is 13.8 Å². The Bertz CT molecular complexity index is 500. The van der Waals surface area contributed by atoms with Gasteiger partial charge in [0.15, 0.2) is 0 Å². The fraction of sp³-hybridized carbons (Fsp3) is 0.500. The van der Waals surface area contributed by atoms with E-state index in [1.165, 1.54) is 6.07 Å². The van der Waals surface area contributed by atoms with Crippen LogP contribution >= 0.6 is 0 Å². The molecule has 0 aromatic carbocycles. The molecule has 0 saturated carbocycles. The van der Waals surface area contributed by atoms with Gasteiger partial charge in [-0.2, -0.15) is 0 Å². The molecule has 0 spiro atoms. The Morgan fingerprint density at radius 3 is 2.45 bits per heavy atom. The number of hydrogen-bond acceptors (Lipinski definition) is 4. The second-order valence-electron chi connectivity index (χ2n) is 5.14. The number of anilines is 1. The smallest absolute Gasteiger partial charge is 0.337 e. The molecule has 1 atom stereocenters. The van der Waals surface area contributed by atoms with E-state index in [1.807, 2.05) is 13.8 Å². The summed E-state index contributed by atoms with van der Waals surface area (Å²) in [5.41, 5.74) is 0.574. The molecule has 0 saturated heterocycles. The number of carboxylic acids is 1. The quantitative estimate of drug-likeness (QED) is 0.736. The molecule has 1 rings (SSSR count). The number of aromatic carboxylic acids is 1. The number of nitrogens with zero attached hydrogens (tertiary/aromatic N) is 1. The Morgan fingerprint density at radius 2 is 1.95 bits per heavy atom. The zero-order valence-corrected chi connectivity index (χ0v) is 12.2. The van der Waals surface area contributed by atoms with E-state index in [1.54, 1.807) is 19.9 Å². The van der Waals surface area contributed by atoms with Crippen LogP contribution in [0, 0.1) is 12.8 Å². The van der Waals surface area contributed by atoms with E-state index < -0.39 is 12.0 Å². The molecule has 0 bridgehead atoms. The number of carbonyl (C=O) groups excluding carboxylic acids is 1. The third kappa shape index (κ3) is 4.53. The van der Waals surface area contributed by atoms with Gasteiger partial charge in [0.25, 0.3) is 0 Å². The predicted octanol–water partition coefficient (Wildman–Crippen LogP) is 1.66. The van der Waals surface area contributed by atoms with Crippen LogP contribution in [0.5, 0.6) is 0 Å². The van der Waals surface area contributed by atoms with Gasteiger partial charge in [0, 0.05) is 6.54 Å². The van der Waals surface area contributed by atoms with Crippen LogP contribution in [0.15, 0.2) is 12.1 Å². The zero-order valence-electron chi connectivity index (χ0n) is 12.2. The van der Waals surface area contributed by atoms with Crippen molar-refractivity contribution in [1.82, 2.24) is 10.3 Å². The molecular weight excluding hydrogens is 258 g/mol. The third-order valence-corrected chi connectivity index (χ3v) is 2.76. The van der Waals surface area contributed by atoms with Crippen LogP contribution < -0.4 is 10.6 Å². The van der Waals surface area contributed by atoms with Crippen molar-refractivity contribution in [3.63, 3.8) is 0 Å². The van der Waals surface area contributed by atoms with Gasteiger partial charge in [0.2, 0.25) is 5.91 Å². The van der Waals surface area contributed by atoms with E-state index in [0.717, 1.165) is 0 Å². The first-order valence-electron chi connectivity index (χ1n) is 6.56. The van der Waals surface area contributed by atoms with Gasteiger partial charge < -0.3 is 15.7 Å². The second-order valence-corrected chi connectivity index (χ2v) is 5.14. The zero-order chi connectivity index (χ0) is 15.3. The van der Waals surface area contributed by atoms with E-state index in [2.05, 4.69) is 15.6 Å². The van der Waals surface area contributed by atoms with Crippen molar-refractivity contribution >= 4 is 17.7 Å². The van der Waals surface area contributed by atoms with E-state index >= 15 is 0 Å². The number of hydrogen-bond donors (Lipinski definition) is 3. The molecule has 1 aromatic rings. The Balaban J connectivity index is 2.66. The van der Waals surface area contributed by atoms with E-state index in [0.29, 0.717) is 24.0 Å². The monoisotopic (exact) mass is 279 g/mol. The molecule has 1 unspecified atom stereocenters. The summed E-state index contributed by atoms with van der Waals surface area (Å²) in [6.45, 7) is 8.02. The molecule has 1 aromatic heterocycles. The maximum absolute atomic E-state index is 11.8. The maximum Gasteiger partial charge on any atom is 0.337 e. The van der Waals surface area contributed by atoms with E-state index in [4.69, 9.17) is 5.11 Å². The van der Waals surface area contributed by atoms with Crippen molar-refractivity contribution < 1.29 is 14.7 Å². The molecular formula is C14H21N3O3. The number of nitrogens with one attached hydrogen (secondary N) is 2. The molecule has 0 fully saturated rings. The third-order valence-electron chi connectivity index (χ3n) is 2.76. The Morgan fingerprint density at radius 1 is 1.30 bits per heavy atom. The van der Waals surface area contributed by atoms with Crippen molar-refractivity contribution in [2.45, 2.75) is 33.7 Å². The first kappa shape index (κ1) is 15.9. The summed E-state index contributed by atoms with van der Waals surface area (Å²) >= 11 is 0.